The number of primary sulfonamides is 1. The molecule has 0 saturated carbocycles. The molecule has 0 amide bonds. The molecule has 3 N–H and O–H groups in total. The summed E-state index contributed by atoms with van der Waals surface area (Å²) in [5, 5.41) is 10.5. The maximum absolute atomic E-state index is 11.2. The van der Waals surface area contributed by atoms with Crippen LogP contribution >= 0.6 is 27.3 Å². The molecule has 0 radical (unpaired) electrons. The minimum atomic E-state index is -3.62. The van der Waals surface area contributed by atoms with Gasteiger partial charge in [-0.05, 0) is 46.6 Å². The number of rotatable bonds is 5. The van der Waals surface area contributed by atoms with Gasteiger partial charge in [0.15, 0.2) is 0 Å². The van der Waals surface area contributed by atoms with Gasteiger partial charge in [-0.2, -0.15) is 0 Å². The van der Waals surface area contributed by atoms with Crippen LogP contribution < -0.4 is 10.5 Å². The van der Waals surface area contributed by atoms with Crippen LogP contribution in [0.2, 0.25) is 0 Å². The number of hydrogen-bond acceptors (Lipinski definition) is 4. The molecule has 7 heteroatoms. The molecular weight excluding hydrogens is 360 g/mol. The van der Waals surface area contributed by atoms with E-state index in [0.29, 0.717) is 6.54 Å². The molecule has 0 aliphatic rings. The lowest BCUT2D eigenvalue weighted by Crippen LogP contribution is -2.17. The monoisotopic (exact) mass is 374 g/mol. The van der Waals surface area contributed by atoms with Gasteiger partial charge in [-0.15, -0.1) is 11.3 Å². The second-order valence-electron chi connectivity index (χ2n) is 4.46. The number of sulfonamides is 1. The predicted octanol–water partition coefficient (Wildman–Crippen LogP) is 3.01. The first kappa shape index (κ1) is 15.7. The highest BCUT2D eigenvalue weighted by Crippen LogP contribution is 2.25. The van der Waals surface area contributed by atoms with E-state index in [-0.39, 0.29) is 10.9 Å². The summed E-state index contributed by atoms with van der Waals surface area (Å²) in [5.74, 6) is 0. The van der Waals surface area contributed by atoms with Crippen LogP contribution in [-0.4, -0.2) is 8.42 Å². The molecule has 0 aliphatic heterocycles. The van der Waals surface area contributed by atoms with Crippen LogP contribution in [0.15, 0.2) is 45.1 Å². The smallest absolute Gasteiger partial charge is 0.238 e. The first-order valence-electron chi connectivity index (χ1n) is 5.95. The van der Waals surface area contributed by atoms with Gasteiger partial charge < -0.3 is 5.32 Å². The van der Waals surface area contributed by atoms with Gasteiger partial charge in [0.2, 0.25) is 10.0 Å². The van der Waals surface area contributed by atoms with E-state index in [0.717, 1.165) is 10.0 Å². The topological polar surface area (TPSA) is 72.2 Å². The van der Waals surface area contributed by atoms with E-state index >= 15 is 0 Å². The molecule has 4 nitrogen and oxygen atoms in total. The van der Waals surface area contributed by atoms with E-state index in [1.54, 1.807) is 23.5 Å². The zero-order valence-electron chi connectivity index (χ0n) is 10.8. The largest absolute Gasteiger partial charge is 0.305 e. The Morgan fingerprint density at radius 3 is 2.50 bits per heavy atom. The van der Waals surface area contributed by atoms with E-state index in [4.69, 9.17) is 5.14 Å². The maximum atomic E-state index is 11.2. The van der Waals surface area contributed by atoms with Crippen molar-refractivity contribution in [2.24, 2.45) is 5.14 Å². The normalized spacial score (nSPS) is 13.3. The Hall–Kier alpha value is -0.730. The van der Waals surface area contributed by atoms with E-state index in [9.17, 15) is 8.42 Å². The van der Waals surface area contributed by atoms with E-state index in [2.05, 4.69) is 39.6 Å². The Morgan fingerprint density at radius 2 is 2.00 bits per heavy atom. The molecule has 0 saturated heterocycles. The molecule has 2 aromatic rings. The highest BCUT2D eigenvalue weighted by Gasteiger charge is 2.09. The van der Waals surface area contributed by atoms with Gasteiger partial charge in [0.25, 0.3) is 0 Å². The molecule has 0 aliphatic carbocycles. The van der Waals surface area contributed by atoms with E-state index < -0.39 is 10.0 Å². The molecule has 108 valence electrons. The first-order chi connectivity index (χ1) is 9.36. The van der Waals surface area contributed by atoms with Crippen LogP contribution in [0.5, 0.6) is 0 Å². The highest BCUT2D eigenvalue weighted by molar-refractivity contribution is 9.10. The van der Waals surface area contributed by atoms with Crippen molar-refractivity contribution in [1.29, 1.82) is 0 Å². The summed E-state index contributed by atoms with van der Waals surface area (Å²) in [5.41, 5.74) is 1.01. The van der Waals surface area contributed by atoms with Crippen molar-refractivity contribution in [3.8, 4) is 0 Å². The third-order valence-electron chi connectivity index (χ3n) is 2.88. The first-order valence-corrected chi connectivity index (χ1v) is 9.17. The van der Waals surface area contributed by atoms with Crippen LogP contribution in [0.4, 0.5) is 0 Å². The Bertz CT molecular complexity index is 681. The molecule has 0 bridgehead atoms. The van der Waals surface area contributed by atoms with Crippen molar-refractivity contribution in [2.45, 2.75) is 24.4 Å². The van der Waals surface area contributed by atoms with Gasteiger partial charge >= 0.3 is 0 Å². The fraction of sp³-hybridized carbons (Fsp3) is 0.231. The molecule has 0 spiro atoms. The fourth-order valence-electron chi connectivity index (χ4n) is 1.72. The Balaban J connectivity index is 1.97. The second kappa shape index (κ2) is 6.36. The van der Waals surface area contributed by atoms with E-state index in [1.165, 1.54) is 17.0 Å². The lowest BCUT2D eigenvalue weighted by atomic mass is 10.2. The SMILES string of the molecule is CC(NCc1ccc(S(N)(=O)=O)cc1)c1cc(Br)cs1. The van der Waals surface area contributed by atoms with Crippen molar-refractivity contribution in [1.82, 2.24) is 5.32 Å². The molecule has 1 aromatic carbocycles. The minimum absolute atomic E-state index is 0.136. The van der Waals surface area contributed by atoms with Crippen LogP contribution in [0.3, 0.4) is 0 Å². The lowest BCUT2D eigenvalue weighted by Gasteiger charge is -2.12. The van der Waals surface area contributed by atoms with Crippen LogP contribution in [0.1, 0.15) is 23.4 Å². The summed E-state index contributed by atoms with van der Waals surface area (Å²) in [6.45, 7) is 2.76. The van der Waals surface area contributed by atoms with Crippen molar-refractivity contribution in [2.75, 3.05) is 0 Å². The van der Waals surface area contributed by atoms with E-state index in [1.807, 2.05) is 0 Å². The summed E-state index contributed by atoms with van der Waals surface area (Å²) in [6.07, 6.45) is 0. The standard InChI is InChI=1S/C13H15BrN2O2S2/c1-9(13-6-11(14)8-19-13)16-7-10-2-4-12(5-3-10)20(15,17)18/h2-6,8-9,16H,7H2,1H3,(H2,15,17,18). The van der Waals surface area contributed by atoms with Crippen LogP contribution in [-0.2, 0) is 16.6 Å². The molecule has 1 atom stereocenters. The van der Waals surface area contributed by atoms with Crippen molar-refractivity contribution < 1.29 is 8.42 Å². The molecule has 1 heterocycles. The summed E-state index contributed by atoms with van der Waals surface area (Å²) >= 11 is 5.13. The third kappa shape index (κ3) is 4.13. The molecule has 2 rings (SSSR count). The predicted molar refractivity (Wildman–Crippen MR) is 85.1 cm³/mol. The molecule has 0 fully saturated rings. The summed E-state index contributed by atoms with van der Waals surface area (Å²) in [6, 6.07) is 8.92. The molecular formula is C13H15BrN2O2S2. The molecule has 20 heavy (non-hydrogen) atoms. The number of hydrogen-bond donors (Lipinski definition) is 2. The number of benzene rings is 1. The second-order valence-corrected chi connectivity index (χ2v) is 7.88. The lowest BCUT2D eigenvalue weighted by molar-refractivity contribution is 0.582. The van der Waals surface area contributed by atoms with Crippen LogP contribution in [0.25, 0.3) is 0 Å². The third-order valence-corrected chi connectivity index (χ3v) is 5.68. The Morgan fingerprint density at radius 1 is 1.35 bits per heavy atom. The number of nitrogens with two attached hydrogens (primary N) is 1. The van der Waals surface area contributed by atoms with Gasteiger partial charge in [-0.1, -0.05) is 12.1 Å². The van der Waals surface area contributed by atoms with Crippen molar-refractivity contribution in [3.63, 3.8) is 0 Å². The Labute approximate surface area is 131 Å². The quantitative estimate of drug-likeness (QED) is 0.844. The number of thiophene rings is 1. The van der Waals surface area contributed by atoms with Crippen LogP contribution in [0, 0.1) is 0 Å². The Kier molecular flexibility index (Phi) is 4.98. The zero-order valence-corrected chi connectivity index (χ0v) is 14.1. The maximum Gasteiger partial charge on any atom is 0.238 e. The molecule has 1 aromatic heterocycles. The van der Waals surface area contributed by atoms with Gasteiger partial charge in [-0.25, -0.2) is 13.6 Å². The highest BCUT2D eigenvalue weighted by atomic mass is 79.9. The molecule has 1 unspecified atom stereocenters. The summed E-state index contributed by atoms with van der Waals surface area (Å²) < 4.78 is 23.4. The van der Waals surface area contributed by atoms with Gasteiger partial charge in [0.1, 0.15) is 0 Å². The summed E-state index contributed by atoms with van der Waals surface area (Å²) in [7, 11) is -3.62. The van der Waals surface area contributed by atoms with Gasteiger partial charge in [0, 0.05) is 27.3 Å². The summed E-state index contributed by atoms with van der Waals surface area (Å²) in [4.78, 5) is 1.38. The van der Waals surface area contributed by atoms with Crippen molar-refractivity contribution in [3.05, 3.63) is 50.6 Å². The van der Waals surface area contributed by atoms with Gasteiger partial charge in [-0.3, -0.25) is 0 Å². The average Bonchev–Trinajstić information content (AvgIpc) is 2.82. The zero-order chi connectivity index (χ0) is 14.8. The fourth-order valence-corrected chi connectivity index (χ4v) is 3.72. The van der Waals surface area contributed by atoms with Gasteiger partial charge in [0.05, 0.1) is 4.90 Å². The number of nitrogens with one attached hydrogen (secondary N) is 1. The average molecular weight is 375 g/mol. The van der Waals surface area contributed by atoms with Crippen molar-refractivity contribution >= 4 is 37.3 Å². The number of halogens is 1. The minimum Gasteiger partial charge on any atom is -0.305 e.